The van der Waals surface area contributed by atoms with Crippen LogP contribution in [0.4, 0.5) is 17.1 Å². The smallest absolute Gasteiger partial charge is 0.229 e. The van der Waals surface area contributed by atoms with Crippen molar-refractivity contribution >= 4 is 28.9 Å². The normalized spacial score (nSPS) is 19.6. The van der Waals surface area contributed by atoms with E-state index in [2.05, 4.69) is 16.3 Å². The molecule has 2 aromatic carbocycles. The summed E-state index contributed by atoms with van der Waals surface area (Å²) in [5.41, 5.74) is 3.92. The number of carbonyl (C=O) groups excluding carboxylic acids is 2. The van der Waals surface area contributed by atoms with Crippen LogP contribution in [0.5, 0.6) is 0 Å². The van der Waals surface area contributed by atoms with Gasteiger partial charge in [-0.05, 0) is 44.0 Å². The Kier molecular flexibility index (Phi) is 4.84. The number of amides is 2. The zero-order valence-corrected chi connectivity index (χ0v) is 15.6. The molecule has 27 heavy (non-hydrogen) atoms. The van der Waals surface area contributed by atoms with Crippen molar-refractivity contribution in [1.29, 1.82) is 0 Å². The van der Waals surface area contributed by atoms with E-state index in [1.54, 1.807) is 4.90 Å². The maximum Gasteiger partial charge on any atom is 0.229 e. The van der Waals surface area contributed by atoms with E-state index in [9.17, 15) is 9.59 Å². The highest BCUT2D eigenvalue weighted by atomic mass is 16.2. The molecular formula is C22H25N3O2. The van der Waals surface area contributed by atoms with Gasteiger partial charge in [0, 0.05) is 31.7 Å². The van der Waals surface area contributed by atoms with E-state index in [-0.39, 0.29) is 24.2 Å². The van der Waals surface area contributed by atoms with Gasteiger partial charge in [-0.15, -0.1) is 0 Å². The second-order valence-electron chi connectivity index (χ2n) is 7.44. The molecule has 0 bridgehead atoms. The van der Waals surface area contributed by atoms with Crippen molar-refractivity contribution in [1.82, 2.24) is 0 Å². The Morgan fingerprint density at radius 1 is 1.04 bits per heavy atom. The van der Waals surface area contributed by atoms with Crippen molar-refractivity contribution in [3.05, 3.63) is 54.1 Å². The fourth-order valence-corrected chi connectivity index (χ4v) is 3.91. The van der Waals surface area contributed by atoms with Crippen LogP contribution in [0.25, 0.3) is 0 Å². The third-order valence-corrected chi connectivity index (χ3v) is 5.45. The van der Waals surface area contributed by atoms with Crippen LogP contribution in [0.1, 0.15) is 24.8 Å². The molecule has 2 aromatic rings. The van der Waals surface area contributed by atoms with Crippen molar-refractivity contribution in [2.75, 3.05) is 34.8 Å². The van der Waals surface area contributed by atoms with Crippen molar-refractivity contribution < 1.29 is 9.59 Å². The minimum atomic E-state index is -0.328. The zero-order chi connectivity index (χ0) is 18.8. The molecule has 2 amide bonds. The molecule has 2 fully saturated rings. The molecule has 0 saturated carbocycles. The maximum absolute atomic E-state index is 12.8. The van der Waals surface area contributed by atoms with Gasteiger partial charge in [-0.3, -0.25) is 9.59 Å². The molecule has 0 aliphatic carbocycles. The minimum Gasteiger partial charge on any atom is -0.370 e. The lowest BCUT2D eigenvalue weighted by Crippen LogP contribution is -2.28. The van der Waals surface area contributed by atoms with E-state index in [1.165, 1.54) is 12.8 Å². The van der Waals surface area contributed by atoms with Crippen LogP contribution >= 0.6 is 0 Å². The minimum absolute atomic E-state index is 0.00633. The predicted octanol–water partition coefficient (Wildman–Crippen LogP) is 3.59. The van der Waals surface area contributed by atoms with Crippen LogP contribution in [0.2, 0.25) is 0 Å². The van der Waals surface area contributed by atoms with Crippen LogP contribution in [-0.2, 0) is 9.59 Å². The van der Waals surface area contributed by atoms with E-state index in [1.807, 2.05) is 49.4 Å². The first-order valence-electron chi connectivity index (χ1n) is 9.64. The number of rotatable bonds is 4. The van der Waals surface area contributed by atoms with Crippen molar-refractivity contribution in [3.63, 3.8) is 0 Å². The van der Waals surface area contributed by atoms with E-state index in [4.69, 9.17) is 0 Å². The average molecular weight is 363 g/mol. The highest BCUT2D eigenvalue weighted by Gasteiger charge is 2.35. The molecule has 0 aromatic heterocycles. The van der Waals surface area contributed by atoms with Gasteiger partial charge in [0.1, 0.15) is 0 Å². The molecule has 5 heteroatoms. The van der Waals surface area contributed by atoms with Crippen LogP contribution in [-0.4, -0.2) is 31.4 Å². The number of para-hydroxylation sites is 2. The molecule has 1 atom stereocenters. The molecule has 2 saturated heterocycles. The second kappa shape index (κ2) is 7.43. The van der Waals surface area contributed by atoms with Gasteiger partial charge in [0.25, 0.3) is 0 Å². The highest BCUT2D eigenvalue weighted by molar-refractivity contribution is 6.04. The third kappa shape index (κ3) is 3.68. The van der Waals surface area contributed by atoms with Gasteiger partial charge in [0.15, 0.2) is 0 Å². The van der Waals surface area contributed by atoms with Crippen molar-refractivity contribution in [3.8, 4) is 0 Å². The zero-order valence-electron chi connectivity index (χ0n) is 15.6. The van der Waals surface area contributed by atoms with Crippen LogP contribution in [0.15, 0.2) is 48.5 Å². The second-order valence-corrected chi connectivity index (χ2v) is 7.44. The highest BCUT2D eigenvalue weighted by Crippen LogP contribution is 2.31. The summed E-state index contributed by atoms with van der Waals surface area (Å²) in [4.78, 5) is 29.3. The van der Waals surface area contributed by atoms with Crippen LogP contribution < -0.4 is 15.1 Å². The molecule has 2 heterocycles. The molecule has 0 radical (unpaired) electrons. The van der Waals surface area contributed by atoms with Crippen LogP contribution in [0.3, 0.4) is 0 Å². The molecule has 2 aliphatic rings. The van der Waals surface area contributed by atoms with E-state index >= 15 is 0 Å². The Bertz CT molecular complexity index is 841. The molecule has 140 valence electrons. The van der Waals surface area contributed by atoms with Crippen molar-refractivity contribution in [2.45, 2.75) is 26.2 Å². The van der Waals surface area contributed by atoms with E-state index < -0.39 is 0 Å². The SMILES string of the molecule is Cc1ccc(N2C[C@@H](C(=O)Nc3ccccc3N3CCCC3)CC2=O)cc1. The summed E-state index contributed by atoms with van der Waals surface area (Å²) in [5, 5.41) is 3.07. The first-order valence-corrected chi connectivity index (χ1v) is 9.64. The van der Waals surface area contributed by atoms with Gasteiger partial charge in [0.05, 0.1) is 17.3 Å². The molecule has 2 aliphatic heterocycles. The predicted molar refractivity (Wildman–Crippen MR) is 108 cm³/mol. The lowest BCUT2D eigenvalue weighted by Gasteiger charge is -2.22. The Morgan fingerprint density at radius 2 is 1.74 bits per heavy atom. The van der Waals surface area contributed by atoms with Gasteiger partial charge >= 0.3 is 0 Å². The van der Waals surface area contributed by atoms with Crippen molar-refractivity contribution in [2.24, 2.45) is 5.92 Å². The van der Waals surface area contributed by atoms with Gasteiger partial charge in [0.2, 0.25) is 11.8 Å². The summed E-state index contributed by atoms with van der Waals surface area (Å²) in [6.45, 7) is 4.50. The monoisotopic (exact) mass is 363 g/mol. The third-order valence-electron chi connectivity index (χ3n) is 5.45. The first-order chi connectivity index (χ1) is 13.1. The number of hydrogen-bond donors (Lipinski definition) is 1. The number of anilines is 3. The summed E-state index contributed by atoms with van der Waals surface area (Å²) >= 11 is 0. The Morgan fingerprint density at radius 3 is 2.48 bits per heavy atom. The molecule has 1 N–H and O–H groups in total. The molecule has 0 spiro atoms. The fourth-order valence-electron chi connectivity index (χ4n) is 3.91. The molecule has 4 rings (SSSR count). The van der Waals surface area contributed by atoms with Gasteiger partial charge in [-0.1, -0.05) is 29.8 Å². The fraction of sp³-hybridized carbons (Fsp3) is 0.364. The average Bonchev–Trinajstić information content (AvgIpc) is 3.33. The summed E-state index contributed by atoms with van der Waals surface area (Å²) in [6, 6.07) is 15.8. The van der Waals surface area contributed by atoms with E-state index in [0.29, 0.717) is 6.54 Å². The standard InChI is InChI=1S/C22H25N3O2/c1-16-8-10-18(11-9-16)25-15-17(14-21(25)26)22(27)23-19-6-2-3-7-20(19)24-12-4-5-13-24/h2-3,6-11,17H,4-5,12-15H2,1H3,(H,23,27)/t17-/m0/s1. The number of nitrogens with one attached hydrogen (secondary N) is 1. The lowest BCUT2D eigenvalue weighted by molar-refractivity contribution is -0.122. The van der Waals surface area contributed by atoms with Gasteiger partial charge < -0.3 is 15.1 Å². The largest absolute Gasteiger partial charge is 0.370 e. The Hall–Kier alpha value is -2.82. The Balaban J connectivity index is 1.46. The number of aryl methyl sites for hydroxylation is 1. The summed E-state index contributed by atoms with van der Waals surface area (Å²) in [6.07, 6.45) is 2.63. The summed E-state index contributed by atoms with van der Waals surface area (Å²) in [7, 11) is 0. The molecular weight excluding hydrogens is 338 g/mol. The maximum atomic E-state index is 12.8. The number of benzene rings is 2. The molecule has 5 nitrogen and oxygen atoms in total. The number of hydrogen-bond acceptors (Lipinski definition) is 3. The number of nitrogens with zero attached hydrogens (tertiary/aromatic N) is 2. The lowest BCUT2D eigenvalue weighted by atomic mass is 10.1. The van der Waals surface area contributed by atoms with Gasteiger partial charge in [-0.25, -0.2) is 0 Å². The molecule has 0 unspecified atom stereocenters. The Labute approximate surface area is 160 Å². The summed E-state index contributed by atoms with van der Waals surface area (Å²) < 4.78 is 0. The quantitative estimate of drug-likeness (QED) is 0.903. The number of carbonyl (C=O) groups is 2. The van der Waals surface area contributed by atoms with E-state index in [0.717, 1.165) is 35.7 Å². The van der Waals surface area contributed by atoms with Crippen LogP contribution in [0, 0.1) is 12.8 Å². The topological polar surface area (TPSA) is 52.7 Å². The summed E-state index contributed by atoms with van der Waals surface area (Å²) in [5.74, 6) is -0.401. The van der Waals surface area contributed by atoms with Gasteiger partial charge in [-0.2, -0.15) is 0 Å². The first kappa shape index (κ1) is 17.6.